The van der Waals surface area contributed by atoms with Gasteiger partial charge in [-0.2, -0.15) is 0 Å². The van der Waals surface area contributed by atoms with Gasteiger partial charge in [0.15, 0.2) is 0 Å². The molecule has 0 bridgehead atoms. The average molecular weight is 728 g/mol. The Balaban J connectivity index is 1.18. The Hall–Kier alpha value is -7.43. The highest BCUT2D eigenvalue weighted by Crippen LogP contribution is 2.48. The maximum Gasteiger partial charge on any atom is 0.227 e. The van der Waals surface area contributed by atoms with E-state index >= 15 is 0 Å². The van der Waals surface area contributed by atoms with Crippen molar-refractivity contribution < 1.29 is 4.42 Å². The lowest BCUT2D eigenvalue weighted by molar-refractivity contribution is 0.654. The maximum atomic E-state index is 6.11. The summed E-state index contributed by atoms with van der Waals surface area (Å²) in [6.45, 7) is 0. The van der Waals surface area contributed by atoms with Gasteiger partial charge >= 0.3 is 0 Å². The van der Waals surface area contributed by atoms with Crippen LogP contribution >= 0.6 is 0 Å². The molecule has 0 saturated heterocycles. The molecule has 0 N–H and O–H groups in total. The number of furan rings is 1. The number of fused-ring (bicyclic) bond motifs is 15. The van der Waals surface area contributed by atoms with Gasteiger partial charge in [-0.25, -0.2) is 4.98 Å². The van der Waals surface area contributed by atoms with Crippen LogP contribution in [-0.2, 0) is 12.8 Å². The molecule has 0 spiro atoms. The van der Waals surface area contributed by atoms with E-state index in [0.717, 1.165) is 51.7 Å². The van der Waals surface area contributed by atoms with Gasteiger partial charge in [0.05, 0.1) is 22.1 Å². The molecule has 8 aromatic carbocycles. The van der Waals surface area contributed by atoms with Crippen LogP contribution in [0.2, 0.25) is 0 Å². The summed E-state index contributed by atoms with van der Waals surface area (Å²) in [5, 5.41) is 9.80. The summed E-state index contributed by atoms with van der Waals surface area (Å²) in [5.41, 5.74) is 16.4. The molecule has 0 unspecified atom stereocenters. The van der Waals surface area contributed by atoms with Crippen molar-refractivity contribution in [3.05, 3.63) is 198 Å². The summed E-state index contributed by atoms with van der Waals surface area (Å²) >= 11 is 0. The smallest absolute Gasteiger partial charge is 0.227 e. The quantitative estimate of drug-likeness (QED) is 0.182. The predicted octanol–water partition coefficient (Wildman–Crippen LogP) is 13.5. The largest absolute Gasteiger partial charge is 0.438 e. The third-order valence-corrected chi connectivity index (χ3v) is 12.4. The van der Waals surface area contributed by atoms with E-state index in [4.69, 9.17) is 9.40 Å². The number of hydrogen-bond donors (Lipinski definition) is 0. The van der Waals surface area contributed by atoms with Crippen molar-refractivity contribution in [3.8, 4) is 22.5 Å². The van der Waals surface area contributed by atoms with E-state index in [-0.39, 0.29) is 0 Å². The van der Waals surface area contributed by atoms with Gasteiger partial charge in [0.2, 0.25) is 5.71 Å². The highest BCUT2D eigenvalue weighted by molar-refractivity contribution is 6.36. The third kappa shape index (κ3) is 4.35. The number of benzene rings is 8. The van der Waals surface area contributed by atoms with Crippen molar-refractivity contribution in [2.75, 3.05) is 0 Å². The first-order chi connectivity index (χ1) is 28.3. The van der Waals surface area contributed by atoms with E-state index in [9.17, 15) is 0 Å². The van der Waals surface area contributed by atoms with E-state index in [0.29, 0.717) is 5.71 Å². The van der Waals surface area contributed by atoms with Gasteiger partial charge in [0.1, 0.15) is 5.58 Å². The van der Waals surface area contributed by atoms with Crippen LogP contribution in [-0.4, -0.2) is 14.1 Å². The topological polar surface area (TPSA) is 35.9 Å². The van der Waals surface area contributed by atoms with Crippen molar-refractivity contribution >= 4 is 76.5 Å². The molecular formula is C53H33N3O. The van der Waals surface area contributed by atoms with Gasteiger partial charge in [-0.05, 0) is 112 Å². The molecule has 4 nitrogen and oxygen atoms in total. The van der Waals surface area contributed by atoms with E-state index in [1.807, 2.05) is 18.3 Å². The fourth-order valence-electron chi connectivity index (χ4n) is 9.92. The first-order valence-corrected chi connectivity index (χ1v) is 19.7. The van der Waals surface area contributed by atoms with Crippen LogP contribution in [0.5, 0.6) is 0 Å². The molecule has 4 heterocycles. The lowest BCUT2D eigenvalue weighted by Crippen LogP contribution is -2.07. The van der Waals surface area contributed by atoms with Crippen molar-refractivity contribution in [3.63, 3.8) is 0 Å². The van der Waals surface area contributed by atoms with E-state index in [1.54, 1.807) is 0 Å². The second-order valence-electron chi connectivity index (χ2n) is 15.5. The second kappa shape index (κ2) is 11.5. The molecule has 0 radical (unpaired) electrons. The highest BCUT2D eigenvalue weighted by Gasteiger charge is 2.26. The van der Waals surface area contributed by atoms with Crippen LogP contribution in [0.25, 0.3) is 99.0 Å². The third-order valence-electron chi connectivity index (χ3n) is 12.4. The van der Waals surface area contributed by atoms with Gasteiger partial charge in [-0.1, -0.05) is 109 Å². The highest BCUT2D eigenvalue weighted by atomic mass is 16.3. The summed E-state index contributed by atoms with van der Waals surface area (Å²) in [5.74, 6) is 0. The standard InChI is InChI=1S/C53H33N3O/c1-2-16-38(17-3-1)55-46-22-9-6-20-41(46)49-43-28-35-25-32-13-4-5-14-33(32)26-36(35)29-44(43)50-42-21-7-10-23-47(42)56(52(50)51(49)55)39-18-12-15-34(27-39)37-30-45-40-19-8-11-24-48(40)57-53(45)54-31-37/h1-24,27-31H,25-26H2. The number of hydrogen-bond acceptors (Lipinski definition) is 2. The Labute approximate surface area is 327 Å². The number of nitrogens with zero attached hydrogens (tertiary/aromatic N) is 3. The summed E-state index contributed by atoms with van der Waals surface area (Å²) in [7, 11) is 0. The predicted molar refractivity (Wildman–Crippen MR) is 235 cm³/mol. The first-order valence-electron chi connectivity index (χ1n) is 19.7. The normalized spacial score (nSPS) is 12.8. The van der Waals surface area contributed by atoms with Crippen LogP contribution in [0.4, 0.5) is 0 Å². The summed E-state index contributed by atoms with van der Waals surface area (Å²) < 4.78 is 11.1. The minimum absolute atomic E-state index is 0.659. The summed E-state index contributed by atoms with van der Waals surface area (Å²) in [6, 6.07) is 62.2. The Morgan fingerprint density at radius 2 is 0.965 bits per heavy atom. The molecule has 0 atom stereocenters. The molecule has 0 amide bonds. The van der Waals surface area contributed by atoms with E-state index < -0.39 is 0 Å². The molecule has 0 aliphatic heterocycles. The van der Waals surface area contributed by atoms with Crippen LogP contribution in [0, 0.1) is 0 Å². The van der Waals surface area contributed by atoms with Gasteiger partial charge in [0, 0.05) is 55.5 Å². The molecule has 1 aliphatic carbocycles. The zero-order valence-electron chi connectivity index (χ0n) is 30.9. The van der Waals surface area contributed by atoms with Gasteiger partial charge < -0.3 is 13.6 Å². The van der Waals surface area contributed by atoms with Crippen LogP contribution in [0.3, 0.4) is 0 Å². The molecule has 13 rings (SSSR count). The fourth-order valence-corrected chi connectivity index (χ4v) is 9.92. The van der Waals surface area contributed by atoms with Crippen LogP contribution < -0.4 is 0 Å². The average Bonchev–Trinajstić information content (AvgIpc) is 3.93. The maximum absolute atomic E-state index is 6.11. The lowest BCUT2D eigenvalue weighted by atomic mass is 9.83. The van der Waals surface area contributed by atoms with Gasteiger partial charge in [0.25, 0.3) is 0 Å². The Morgan fingerprint density at radius 3 is 1.65 bits per heavy atom. The van der Waals surface area contributed by atoms with E-state index in [2.05, 4.69) is 167 Å². The number of aromatic nitrogens is 3. The molecule has 0 fully saturated rings. The zero-order valence-corrected chi connectivity index (χ0v) is 30.9. The van der Waals surface area contributed by atoms with Crippen LogP contribution in [0.15, 0.2) is 180 Å². The first kappa shape index (κ1) is 30.8. The number of rotatable bonds is 3. The Kier molecular flexibility index (Phi) is 6.25. The minimum atomic E-state index is 0.659. The van der Waals surface area contributed by atoms with Crippen molar-refractivity contribution in [2.45, 2.75) is 12.8 Å². The Bertz CT molecular complexity index is 3640. The number of pyridine rings is 1. The van der Waals surface area contributed by atoms with E-state index in [1.165, 1.54) is 76.6 Å². The molecule has 4 aromatic heterocycles. The molecular weight excluding hydrogens is 695 g/mol. The lowest BCUT2D eigenvalue weighted by Gasteiger charge is -2.21. The SMILES string of the molecule is c1ccc(-n2c3ccccc3c3c4cc5c(cc4c4c6ccccc6n(-c6cccc(-c7cnc8oc9ccccc9c8c7)c6)c4c32)Cc2ccccc2C5)cc1. The Morgan fingerprint density at radius 1 is 0.404 bits per heavy atom. The number of para-hydroxylation sites is 4. The molecule has 57 heavy (non-hydrogen) atoms. The van der Waals surface area contributed by atoms with Gasteiger partial charge in [-0.3, -0.25) is 0 Å². The molecule has 266 valence electrons. The summed E-state index contributed by atoms with van der Waals surface area (Å²) in [4.78, 5) is 4.80. The molecule has 0 saturated carbocycles. The molecule has 4 heteroatoms. The van der Waals surface area contributed by atoms with Crippen molar-refractivity contribution in [1.29, 1.82) is 0 Å². The monoisotopic (exact) mass is 727 g/mol. The zero-order chi connectivity index (χ0) is 37.2. The molecule has 12 aromatic rings. The van der Waals surface area contributed by atoms with Gasteiger partial charge in [-0.15, -0.1) is 0 Å². The summed E-state index contributed by atoms with van der Waals surface area (Å²) in [6.07, 6.45) is 3.83. The fraction of sp³-hybridized carbons (Fsp3) is 0.0377. The van der Waals surface area contributed by atoms with Crippen molar-refractivity contribution in [1.82, 2.24) is 14.1 Å². The van der Waals surface area contributed by atoms with Crippen molar-refractivity contribution in [2.24, 2.45) is 0 Å². The molecule has 1 aliphatic rings. The van der Waals surface area contributed by atoms with Crippen LogP contribution in [0.1, 0.15) is 22.3 Å². The second-order valence-corrected chi connectivity index (χ2v) is 15.5. The minimum Gasteiger partial charge on any atom is -0.438 e.